The van der Waals surface area contributed by atoms with E-state index in [1.165, 1.54) is 7.11 Å². The Kier molecular flexibility index (Phi) is 3.24. The Morgan fingerprint density at radius 3 is 2.54 bits per heavy atom. The first-order chi connectivity index (χ1) is 6.26. The van der Waals surface area contributed by atoms with Crippen LogP contribution in [0.4, 0.5) is 5.95 Å². The lowest BCUT2D eigenvalue weighted by molar-refractivity contribution is 0.281. The van der Waals surface area contributed by atoms with Gasteiger partial charge in [-0.2, -0.15) is 9.97 Å². The second-order valence-electron chi connectivity index (χ2n) is 2.31. The Morgan fingerprint density at radius 2 is 1.92 bits per heavy atom. The molecule has 13 heavy (non-hydrogen) atoms. The van der Waals surface area contributed by atoms with E-state index >= 15 is 0 Å². The first kappa shape index (κ1) is 9.50. The summed E-state index contributed by atoms with van der Waals surface area (Å²) in [5.74, 6) is 0.0953. The van der Waals surface area contributed by atoms with Gasteiger partial charge in [-0.1, -0.05) is 6.92 Å². The van der Waals surface area contributed by atoms with Crippen molar-refractivity contribution >= 4 is 5.95 Å². The van der Waals surface area contributed by atoms with E-state index in [-0.39, 0.29) is 18.0 Å². The molecule has 6 nitrogen and oxygen atoms in total. The van der Waals surface area contributed by atoms with E-state index in [1.54, 1.807) is 0 Å². The lowest BCUT2D eigenvalue weighted by atomic mass is 10.5. The highest BCUT2D eigenvalue weighted by Gasteiger charge is 2.04. The normalized spacial score (nSPS) is 9.69. The maximum atomic E-state index is 5.38. The Hall–Kier alpha value is -1.59. The molecule has 1 rings (SSSR count). The van der Waals surface area contributed by atoms with Gasteiger partial charge in [0, 0.05) is 0 Å². The van der Waals surface area contributed by atoms with E-state index in [9.17, 15) is 0 Å². The highest BCUT2D eigenvalue weighted by Crippen LogP contribution is 2.09. The number of methoxy groups -OCH3 is 1. The minimum Gasteiger partial charge on any atom is -0.467 e. The molecule has 6 heteroatoms. The summed E-state index contributed by atoms with van der Waals surface area (Å²) in [5.41, 5.74) is 5.38. The van der Waals surface area contributed by atoms with Crippen molar-refractivity contribution < 1.29 is 9.47 Å². The van der Waals surface area contributed by atoms with Gasteiger partial charge < -0.3 is 15.2 Å². The molecule has 2 N–H and O–H groups in total. The minimum atomic E-state index is 0.0953. The molecule has 0 fully saturated rings. The van der Waals surface area contributed by atoms with Gasteiger partial charge in [-0.25, -0.2) is 0 Å². The molecule has 0 aromatic carbocycles. The van der Waals surface area contributed by atoms with Crippen LogP contribution in [0.2, 0.25) is 0 Å². The summed E-state index contributed by atoms with van der Waals surface area (Å²) in [6.07, 6.45) is 0.883. The third kappa shape index (κ3) is 2.73. The molecule has 0 spiro atoms. The fourth-order valence-electron chi connectivity index (χ4n) is 0.702. The molecule has 0 bridgehead atoms. The number of nitrogens with two attached hydrogens (primary N) is 1. The summed E-state index contributed by atoms with van der Waals surface area (Å²) < 4.78 is 9.95. The lowest BCUT2D eigenvalue weighted by Crippen LogP contribution is -2.05. The number of ether oxygens (including phenoxy) is 2. The number of rotatable bonds is 4. The van der Waals surface area contributed by atoms with Gasteiger partial charge in [-0.05, 0) is 6.42 Å². The number of hydrogen-bond acceptors (Lipinski definition) is 6. The van der Waals surface area contributed by atoms with Gasteiger partial charge in [0.05, 0.1) is 13.7 Å². The zero-order chi connectivity index (χ0) is 9.68. The zero-order valence-corrected chi connectivity index (χ0v) is 7.65. The second kappa shape index (κ2) is 4.44. The van der Waals surface area contributed by atoms with Crippen molar-refractivity contribution in [2.45, 2.75) is 13.3 Å². The van der Waals surface area contributed by atoms with Crippen LogP contribution < -0.4 is 15.2 Å². The number of nitrogen functional groups attached to an aromatic ring is 1. The molecule has 0 amide bonds. The average molecular weight is 184 g/mol. The number of anilines is 1. The molecule has 0 aliphatic heterocycles. The van der Waals surface area contributed by atoms with Crippen molar-refractivity contribution in [2.75, 3.05) is 19.5 Å². The molecule has 0 saturated carbocycles. The van der Waals surface area contributed by atoms with Gasteiger partial charge in [0.25, 0.3) is 0 Å². The third-order valence-corrected chi connectivity index (χ3v) is 1.23. The van der Waals surface area contributed by atoms with Crippen molar-refractivity contribution in [3.05, 3.63) is 0 Å². The molecule has 0 radical (unpaired) electrons. The molecule has 1 aromatic rings. The van der Waals surface area contributed by atoms with Gasteiger partial charge in [-0.15, -0.1) is 4.98 Å². The molecule has 0 aliphatic rings. The van der Waals surface area contributed by atoms with Crippen LogP contribution in [-0.4, -0.2) is 28.7 Å². The maximum absolute atomic E-state index is 5.38. The van der Waals surface area contributed by atoms with Crippen LogP contribution in [0.15, 0.2) is 0 Å². The highest BCUT2D eigenvalue weighted by atomic mass is 16.5. The Bertz CT molecular complexity index is 279. The molecule has 0 saturated heterocycles. The second-order valence-corrected chi connectivity index (χ2v) is 2.31. The van der Waals surface area contributed by atoms with Crippen LogP contribution in [0.3, 0.4) is 0 Å². The summed E-state index contributed by atoms with van der Waals surface area (Å²) in [4.78, 5) is 11.3. The number of nitrogens with zero attached hydrogens (tertiary/aromatic N) is 3. The predicted molar refractivity (Wildman–Crippen MR) is 46.6 cm³/mol. The van der Waals surface area contributed by atoms with Crippen molar-refractivity contribution in [2.24, 2.45) is 0 Å². The molecule has 72 valence electrons. The number of hydrogen-bond donors (Lipinski definition) is 1. The van der Waals surface area contributed by atoms with E-state index in [1.807, 2.05) is 6.92 Å². The topological polar surface area (TPSA) is 83.2 Å². The van der Waals surface area contributed by atoms with Crippen molar-refractivity contribution in [1.82, 2.24) is 15.0 Å². The van der Waals surface area contributed by atoms with Crippen LogP contribution in [0, 0.1) is 0 Å². The fourth-order valence-corrected chi connectivity index (χ4v) is 0.702. The van der Waals surface area contributed by atoms with Crippen molar-refractivity contribution in [3.8, 4) is 12.0 Å². The van der Waals surface area contributed by atoms with Gasteiger partial charge in [-0.3, -0.25) is 0 Å². The molecule has 0 aliphatic carbocycles. The van der Waals surface area contributed by atoms with Crippen molar-refractivity contribution in [3.63, 3.8) is 0 Å². The summed E-state index contributed by atoms with van der Waals surface area (Å²) in [6.45, 7) is 2.54. The van der Waals surface area contributed by atoms with E-state index in [2.05, 4.69) is 15.0 Å². The number of aromatic nitrogens is 3. The summed E-state index contributed by atoms with van der Waals surface area (Å²) in [5, 5.41) is 0. The Morgan fingerprint density at radius 1 is 1.23 bits per heavy atom. The first-order valence-electron chi connectivity index (χ1n) is 3.94. The standard InChI is InChI=1S/C7H12N4O2/c1-3-4-13-7-10-5(8)9-6(11-7)12-2/h3-4H2,1-2H3,(H2,8,9,10,11). The smallest absolute Gasteiger partial charge is 0.324 e. The largest absolute Gasteiger partial charge is 0.467 e. The molecule has 0 atom stereocenters. The lowest BCUT2D eigenvalue weighted by Gasteiger charge is -2.03. The average Bonchev–Trinajstić information content (AvgIpc) is 2.14. The zero-order valence-electron chi connectivity index (χ0n) is 7.65. The SMILES string of the molecule is CCCOc1nc(N)nc(OC)n1. The van der Waals surface area contributed by atoms with Gasteiger partial charge in [0.1, 0.15) is 0 Å². The molecular weight excluding hydrogens is 172 g/mol. The quantitative estimate of drug-likeness (QED) is 0.722. The Balaban J connectivity index is 2.76. The Labute approximate surface area is 76.1 Å². The minimum absolute atomic E-state index is 0.0953. The van der Waals surface area contributed by atoms with Crippen LogP contribution in [0.5, 0.6) is 12.0 Å². The summed E-state index contributed by atoms with van der Waals surface area (Å²) in [7, 11) is 1.46. The maximum Gasteiger partial charge on any atom is 0.324 e. The van der Waals surface area contributed by atoms with Crippen LogP contribution in [0.1, 0.15) is 13.3 Å². The van der Waals surface area contributed by atoms with E-state index in [4.69, 9.17) is 15.2 Å². The van der Waals surface area contributed by atoms with Gasteiger partial charge in [0.2, 0.25) is 5.95 Å². The molecule has 1 heterocycles. The third-order valence-electron chi connectivity index (χ3n) is 1.23. The predicted octanol–water partition coefficient (Wildman–Crippen LogP) is 0.251. The van der Waals surface area contributed by atoms with E-state index in [0.717, 1.165) is 6.42 Å². The molecule has 1 aromatic heterocycles. The summed E-state index contributed by atoms with van der Waals surface area (Å²) in [6, 6.07) is 0.366. The fraction of sp³-hybridized carbons (Fsp3) is 0.571. The van der Waals surface area contributed by atoms with Gasteiger partial charge in [0.15, 0.2) is 0 Å². The highest BCUT2D eigenvalue weighted by molar-refractivity contribution is 5.20. The molecular formula is C7H12N4O2. The van der Waals surface area contributed by atoms with E-state index in [0.29, 0.717) is 6.61 Å². The van der Waals surface area contributed by atoms with Crippen LogP contribution in [-0.2, 0) is 0 Å². The van der Waals surface area contributed by atoms with Crippen LogP contribution >= 0.6 is 0 Å². The van der Waals surface area contributed by atoms with Crippen LogP contribution in [0.25, 0.3) is 0 Å². The monoisotopic (exact) mass is 184 g/mol. The van der Waals surface area contributed by atoms with Crippen molar-refractivity contribution in [1.29, 1.82) is 0 Å². The van der Waals surface area contributed by atoms with Gasteiger partial charge >= 0.3 is 12.0 Å². The molecule has 0 unspecified atom stereocenters. The first-order valence-corrected chi connectivity index (χ1v) is 3.94. The summed E-state index contributed by atoms with van der Waals surface area (Å²) >= 11 is 0. The van der Waals surface area contributed by atoms with E-state index < -0.39 is 0 Å².